The lowest BCUT2D eigenvalue weighted by molar-refractivity contribution is 0.315. The van der Waals surface area contributed by atoms with Gasteiger partial charge >= 0.3 is 0 Å². The highest BCUT2D eigenvalue weighted by Gasteiger charge is 2.09. The number of benzene rings is 1. The zero-order valence-electron chi connectivity index (χ0n) is 9.80. The predicted octanol–water partition coefficient (Wildman–Crippen LogP) is 5.47. The Bertz CT molecular complexity index is 326. The first-order valence-corrected chi connectivity index (χ1v) is 7.46. The smallest absolute Gasteiger partial charge is 0.133 e. The van der Waals surface area contributed by atoms with Crippen LogP contribution < -0.4 is 4.74 Å². The van der Waals surface area contributed by atoms with Gasteiger partial charge in [-0.1, -0.05) is 42.3 Å². The van der Waals surface area contributed by atoms with E-state index >= 15 is 0 Å². The Hall–Kier alpha value is -0.0200. The van der Waals surface area contributed by atoms with Gasteiger partial charge < -0.3 is 4.74 Å². The second-order valence-electron chi connectivity index (χ2n) is 3.79. The van der Waals surface area contributed by atoms with Gasteiger partial charge in [0.05, 0.1) is 11.1 Å². The first kappa shape index (κ1) is 14.0. The molecule has 0 spiro atoms. The highest BCUT2D eigenvalue weighted by molar-refractivity contribution is 9.10. The molecular weight excluding hydrogens is 332 g/mol. The fourth-order valence-corrected chi connectivity index (χ4v) is 2.71. The lowest BCUT2D eigenvalue weighted by Gasteiger charge is -2.12. The summed E-state index contributed by atoms with van der Waals surface area (Å²) in [5.41, 5.74) is 1.30. The Labute approximate surface area is 115 Å². The Balaban J connectivity index is 2.73. The van der Waals surface area contributed by atoms with Crippen LogP contribution in [0.5, 0.6) is 5.75 Å². The highest BCUT2D eigenvalue weighted by Crippen LogP contribution is 2.33. The van der Waals surface area contributed by atoms with Gasteiger partial charge in [0.15, 0.2) is 0 Å². The van der Waals surface area contributed by atoms with E-state index in [0.717, 1.165) is 29.7 Å². The van der Waals surface area contributed by atoms with Crippen molar-refractivity contribution in [1.29, 1.82) is 0 Å². The molecule has 1 aromatic carbocycles. The van der Waals surface area contributed by atoms with Crippen molar-refractivity contribution < 1.29 is 4.74 Å². The predicted molar refractivity (Wildman–Crippen MR) is 76.5 cm³/mol. The summed E-state index contributed by atoms with van der Waals surface area (Å²) in [6, 6.07) is 6.31. The van der Waals surface area contributed by atoms with Gasteiger partial charge in [0.2, 0.25) is 0 Å². The zero-order chi connectivity index (χ0) is 12.0. The van der Waals surface area contributed by atoms with E-state index in [1.807, 2.05) is 6.07 Å². The standard InChI is InChI=1S/C13H18Br2O/c1-3-5-11(14)10-6-7-13(12(15)9-10)16-8-4-2/h6-7,9,11H,3-5,8H2,1-2H3. The third-order valence-electron chi connectivity index (χ3n) is 2.32. The molecule has 0 saturated heterocycles. The lowest BCUT2D eigenvalue weighted by Crippen LogP contribution is -1.97. The van der Waals surface area contributed by atoms with Crippen molar-refractivity contribution in [3.63, 3.8) is 0 Å². The minimum Gasteiger partial charge on any atom is -0.492 e. The van der Waals surface area contributed by atoms with Crippen molar-refractivity contribution in [2.75, 3.05) is 6.61 Å². The second kappa shape index (κ2) is 7.33. The molecule has 1 unspecified atom stereocenters. The highest BCUT2D eigenvalue weighted by atomic mass is 79.9. The molecule has 0 N–H and O–H groups in total. The van der Waals surface area contributed by atoms with Crippen LogP contribution in [0.3, 0.4) is 0 Å². The summed E-state index contributed by atoms with van der Waals surface area (Å²) in [7, 11) is 0. The molecule has 1 rings (SSSR count). The van der Waals surface area contributed by atoms with Crippen LogP contribution >= 0.6 is 31.9 Å². The van der Waals surface area contributed by atoms with E-state index < -0.39 is 0 Å². The minimum atomic E-state index is 0.439. The average Bonchev–Trinajstić information content (AvgIpc) is 2.27. The fourth-order valence-electron chi connectivity index (χ4n) is 1.46. The van der Waals surface area contributed by atoms with Crippen LogP contribution in [0, 0.1) is 0 Å². The van der Waals surface area contributed by atoms with Crippen molar-refractivity contribution in [2.45, 2.75) is 37.9 Å². The van der Waals surface area contributed by atoms with E-state index in [4.69, 9.17) is 4.74 Å². The van der Waals surface area contributed by atoms with E-state index in [2.05, 4.69) is 57.8 Å². The number of ether oxygens (including phenoxy) is 1. The average molecular weight is 350 g/mol. The molecule has 0 bridgehead atoms. The van der Waals surface area contributed by atoms with Gasteiger partial charge in [-0.25, -0.2) is 0 Å². The van der Waals surface area contributed by atoms with Gasteiger partial charge in [-0.05, 0) is 46.5 Å². The molecule has 0 aliphatic carbocycles. The topological polar surface area (TPSA) is 9.23 Å². The molecule has 0 heterocycles. The van der Waals surface area contributed by atoms with Crippen LogP contribution in [0.1, 0.15) is 43.5 Å². The molecule has 1 nitrogen and oxygen atoms in total. The Kier molecular flexibility index (Phi) is 6.44. The lowest BCUT2D eigenvalue weighted by atomic mass is 10.1. The van der Waals surface area contributed by atoms with Crippen LogP contribution in [-0.2, 0) is 0 Å². The zero-order valence-corrected chi connectivity index (χ0v) is 13.0. The molecule has 1 aromatic rings. The first-order chi connectivity index (χ1) is 7.69. The number of rotatable bonds is 6. The first-order valence-electron chi connectivity index (χ1n) is 5.75. The van der Waals surface area contributed by atoms with E-state index in [1.54, 1.807) is 0 Å². The molecular formula is C13H18Br2O. The summed E-state index contributed by atoms with van der Waals surface area (Å²) in [4.78, 5) is 0.439. The summed E-state index contributed by atoms with van der Waals surface area (Å²) in [6.45, 7) is 5.07. The third-order valence-corrected chi connectivity index (χ3v) is 3.93. The summed E-state index contributed by atoms with van der Waals surface area (Å²) < 4.78 is 6.66. The van der Waals surface area contributed by atoms with E-state index in [1.165, 1.54) is 12.0 Å². The van der Waals surface area contributed by atoms with Crippen LogP contribution in [-0.4, -0.2) is 6.61 Å². The van der Waals surface area contributed by atoms with E-state index in [-0.39, 0.29) is 0 Å². The molecule has 0 aliphatic rings. The molecule has 0 amide bonds. The molecule has 0 radical (unpaired) electrons. The van der Waals surface area contributed by atoms with Crippen LogP contribution in [0.2, 0.25) is 0 Å². The maximum Gasteiger partial charge on any atom is 0.133 e. The Morgan fingerprint density at radius 2 is 2.00 bits per heavy atom. The summed E-state index contributed by atoms with van der Waals surface area (Å²) in [5.74, 6) is 0.932. The van der Waals surface area contributed by atoms with Crippen molar-refractivity contribution in [3.05, 3.63) is 28.2 Å². The monoisotopic (exact) mass is 348 g/mol. The molecule has 0 aliphatic heterocycles. The SMILES string of the molecule is CCCOc1ccc(C(Br)CCC)cc1Br. The van der Waals surface area contributed by atoms with Crippen LogP contribution in [0.15, 0.2) is 22.7 Å². The molecule has 16 heavy (non-hydrogen) atoms. The van der Waals surface area contributed by atoms with Gasteiger partial charge in [-0.2, -0.15) is 0 Å². The van der Waals surface area contributed by atoms with Crippen LogP contribution in [0.4, 0.5) is 0 Å². The molecule has 0 aromatic heterocycles. The van der Waals surface area contributed by atoms with Crippen molar-refractivity contribution in [2.24, 2.45) is 0 Å². The number of hydrogen-bond acceptors (Lipinski definition) is 1. The van der Waals surface area contributed by atoms with Gasteiger partial charge in [-0.15, -0.1) is 0 Å². The maximum absolute atomic E-state index is 5.62. The van der Waals surface area contributed by atoms with Crippen molar-refractivity contribution >= 4 is 31.9 Å². The maximum atomic E-state index is 5.62. The minimum absolute atomic E-state index is 0.439. The van der Waals surface area contributed by atoms with Gasteiger partial charge in [0, 0.05) is 4.83 Å². The van der Waals surface area contributed by atoms with Gasteiger partial charge in [0.1, 0.15) is 5.75 Å². The molecule has 0 fully saturated rings. The Morgan fingerprint density at radius 3 is 2.56 bits per heavy atom. The largest absolute Gasteiger partial charge is 0.492 e. The molecule has 0 saturated carbocycles. The third kappa shape index (κ3) is 4.10. The quantitative estimate of drug-likeness (QED) is 0.618. The van der Waals surface area contributed by atoms with Crippen LogP contribution in [0.25, 0.3) is 0 Å². The molecule has 3 heteroatoms. The fraction of sp³-hybridized carbons (Fsp3) is 0.538. The summed E-state index contributed by atoms with van der Waals surface area (Å²) in [6.07, 6.45) is 3.37. The number of hydrogen-bond donors (Lipinski definition) is 0. The second-order valence-corrected chi connectivity index (χ2v) is 5.75. The van der Waals surface area contributed by atoms with E-state index in [0.29, 0.717) is 4.83 Å². The number of alkyl halides is 1. The summed E-state index contributed by atoms with van der Waals surface area (Å²) >= 11 is 7.25. The van der Waals surface area contributed by atoms with Gasteiger partial charge in [-0.3, -0.25) is 0 Å². The number of halogens is 2. The van der Waals surface area contributed by atoms with Crippen molar-refractivity contribution in [3.8, 4) is 5.75 Å². The Morgan fingerprint density at radius 1 is 1.25 bits per heavy atom. The normalized spacial score (nSPS) is 12.5. The molecule has 1 atom stereocenters. The molecule has 90 valence electrons. The van der Waals surface area contributed by atoms with Gasteiger partial charge in [0.25, 0.3) is 0 Å². The van der Waals surface area contributed by atoms with E-state index in [9.17, 15) is 0 Å². The van der Waals surface area contributed by atoms with Crippen molar-refractivity contribution in [1.82, 2.24) is 0 Å². The summed E-state index contributed by atoms with van der Waals surface area (Å²) in [5, 5.41) is 0.